The van der Waals surface area contributed by atoms with E-state index in [0.717, 1.165) is 33.5 Å². The van der Waals surface area contributed by atoms with E-state index in [1.165, 1.54) is 0 Å². The van der Waals surface area contributed by atoms with Gasteiger partial charge >= 0.3 is 0 Å². The minimum atomic E-state index is 0.219. The van der Waals surface area contributed by atoms with Crippen molar-refractivity contribution < 1.29 is 5.11 Å². The van der Waals surface area contributed by atoms with E-state index in [4.69, 9.17) is 9.97 Å². The van der Waals surface area contributed by atoms with Crippen LogP contribution in [0.2, 0.25) is 0 Å². The summed E-state index contributed by atoms with van der Waals surface area (Å²) in [4.78, 5) is 9.60. The number of benzene rings is 3. The van der Waals surface area contributed by atoms with Gasteiger partial charge < -0.3 is 5.11 Å². The average molecular weight is 298 g/mol. The highest BCUT2D eigenvalue weighted by molar-refractivity contribution is 5.86. The van der Waals surface area contributed by atoms with E-state index < -0.39 is 0 Å². The van der Waals surface area contributed by atoms with Crippen molar-refractivity contribution in [1.82, 2.24) is 9.97 Å². The van der Waals surface area contributed by atoms with Gasteiger partial charge in [-0.15, -0.1) is 0 Å². The van der Waals surface area contributed by atoms with Crippen molar-refractivity contribution in [2.75, 3.05) is 0 Å². The summed E-state index contributed by atoms with van der Waals surface area (Å²) in [7, 11) is 0. The number of nitrogens with zero attached hydrogens (tertiary/aromatic N) is 2. The SMILES string of the molecule is Oc1cccc(-c2nc3ccccc3nc2-c2ccccc2)c1. The van der Waals surface area contributed by atoms with Gasteiger partial charge in [0.05, 0.1) is 22.4 Å². The Kier molecular flexibility index (Phi) is 3.24. The minimum Gasteiger partial charge on any atom is -0.508 e. The van der Waals surface area contributed by atoms with Crippen LogP contribution in [0.25, 0.3) is 33.5 Å². The molecule has 0 atom stereocenters. The van der Waals surface area contributed by atoms with Crippen LogP contribution >= 0.6 is 0 Å². The second-order valence-corrected chi connectivity index (χ2v) is 5.33. The monoisotopic (exact) mass is 298 g/mol. The molecule has 1 aromatic heterocycles. The summed E-state index contributed by atoms with van der Waals surface area (Å²) in [5, 5.41) is 9.80. The highest BCUT2D eigenvalue weighted by Gasteiger charge is 2.13. The van der Waals surface area contributed by atoms with Crippen LogP contribution in [0, 0.1) is 0 Å². The Balaban J connectivity index is 2.04. The van der Waals surface area contributed by atoms with Gasteiger partial charge in [0.15, 0.2) is 0 Å². The van der Waals surface area contributed by atoms with Gasteiger partial charge in [-0.2, -0.15) is 0 Å². The molecule has 1 N–H and O–H groups in total. The molecule has 0 saturated carbocycles. The minimum absolute atomic E-state index is 0.219. The fourth-order valence-corrected chi connectivity index (χ4v) is 2.65. The molecule has 1 heterocycles. The van der Waals surface area contributed by atoms with Crippen LogP contribution in [0.3, 0.4) is 0 Å². The number of hydrogen-bond donors (Lipinski definition) is 1. The standard InChI is InChI=1S/C20H14N2O/c23-16-10-6-9-15(13-16)20-19(14-7-2-1-3-8-14)21-17-11-4-5-12-18(17)22-20/h1-13,23H. The zero-order valence-corrected chi connectivity index (χ0v) is 12.3. The second-order valence-electron chi connectivity index (χ2n) is 5.33. The number of aromatic nitrogens is 2. The summed E-state index contributed by atoms with van der Waals surface area (Å²) in [6.07, 6.45) is 0. The first-order chi connectivity index (χ1) is 11.3. The molecule has 0 fully saturated rings. The van der Waals surface area contributed by atoms with E-state index in [9.17, 15) is 5.11 Å². The number of aromatic hydroxyl groups is 1. The van der Waals surface area contributed by atoms with Crippen LogP contribution in [-0.2, 0) is 0 Å². The lowest BCUT2D eigenvalue weighted by Gasteiger charge is -2.10. The molecule has 0 aliphatic heterocycles. The van der Waals surface area contributed by atoms with Gasteiger partial charge in [0.25, 0.3) is 0 Å². The fourth-order valence-electron chi connectivity index (χ4n) is 2.65. The maximum absolute atomic E-state index is 9.80. The van der Waals surface area contributed by atoms with E-state index in [2.05, 4.69) is 0 Å². The van der Waals surface area contributed by atoms with Gasteiger partial charge in [0, 0.05) is 11.1 Å². The van der Waals surface area contributed by atoms with E-state index in [1.54, 1.807) is 12.1 Å². The third kappa shape index (κ3) is 2.53. The van der Waals surface area contributed by atoms with E-state index in [0.29, 0.717) is 0 Å². The Morgan fingerprint density at radius 1 is 0.565 bits per heavy atom. The lowest BCUT2D eigenvalue weighted by atomic mass is 10.0. The smallest absolute Gasteiger partial charge is 0.116 e. The number of phenolic OH excluding ortho intramolecular Hbond substituents is 1. The molecule has 3 nitrogen and oxygen atoms in total. The van der Waals surface area contributed by atoms with Gasteiger partial charge in [-0.1, -0.05) is 54.6 Å². The summed E-state index contributed by atoms with van der Waals surface area (Å²) < 4.78 is 0. The van der Waals surface area contributed by atoms with Crippen molar-refractivity contribution >= 4 is 11.0 Å². The van der Waals surface area contributed by atoms with Crippen molar-refractivity contribution in [1.29, 1.82) is 0 Å². The molecule has 3 heteroatoms. The van der Waals surface area contributed by atoms with Crippen LogP contribution in [0.15, 0.2) is 78.9 Å². The number of para-hydroxylation sites is 2. The zero-order chi connectivity index (χ0) is 15.6. The third-order valence-electron chi connectivity index (χ3n) is 3.74. The second kappa shape index (κ2) is 5.54. The summed E-state index contributed by atoms with van der Waals surface area (Å²) in [6, 6.07) is 24.9. The lowest BCUT2D eigenvalue weighted by molar-refractivity contribution is 0.475. The van der Waals surface area contributed by atoms with Crippen molar-refractivity contribution in [2.24, 2.45) is 0 Å². The molecule has 0 saturated heterocycles. The largest absolute Gasteiger partial charge is 0.508 e. The first-order valence-electron chi connectivity index (χ1n) is 7.43. The van der Waals surface area contributed by atoms with E-state index in [-0.39, 0.29) is 5.75 Å². The molecule has 0 amide bonds. The maximum atomic E-state index is 9.80. The van der Waals surface area contributed by atoms with Gasteiger partial charge in [-0.3, -0.25) is 0 Å². The Bertz CT molecular complexity index is 981. The molecule has 110 valence electrons. The molecule has 23 heavy (non-hydrogen) atoms. The summed E-state index contributed by atoms with van der Waals surface area (Å²) in [5.41, 5.74) is 5.13. The van der Waals surface area contributed by atoms with Crippen LogP contribution in [0.5, 0.6) is 5.75 Å². The number of rotatable bonds is 2. The van der Waals surface area contributed by atoms with Crippen molar-refractivity contribution in [3.8, 4) is 28.3 Å². The third-order valence-corrected chi connectivity index (χ3v) is 3.74. The molecule has 3 aromatic carbocycles. The van der Waals surface area contributed by atoms with E-state index >= 15 is 0 Å². The Labute approximate surface area is 133 Å². The number of phenols is 1. The van der Waals surface area contributed by atoms with Crippen LogP contribution in [0.1, 0.15) is 0 Å². The summed E-state index contributed by atoms with van der Waals surface area (Å²) in [6.45, 7) is 0. The predicted molar refractivity (Wildman–Crippen MR) is 92.1 cm³/mol. The zero-order valence-electron chi connectivity index (χ0n) is 12.3. The van der Waals surface area contributed by atoms with Crippen LogP contribution in [0.4, 0.5) is 0 Å². The number of fused-ring (bicyclic) bond motifs is 1. The maximum Gasteiger partial charge on any atom is 0.116 e. The molecular weight excluding hydrogens is 284 g/mol. The van der Waals surface area contributed by atoms with Gasteiger partial charge in [-0.05, 0) is 24.3 Å². The Morgan fingerprint density at radius 3 is 1.78 bits per heavy atom. The average Bonchev–Trinajstić information content (AvgIpc) is 2.61. The van der Waals surface area contributed by atoms with Crippen molar-refractivity contribution in [3.63, 3.8) is 0 Å². The molecule has 4 aromatic rings. The van der Waals surface area contributed by atoms with E-state index in [1.807, 2.05) is 66.7 Å². The lowest BCUT2D eigenvalue weighted by Crippen LogP contribution is -1.95. The van der Waals surface area contributed by atoms with Crippen molar-refractivity contribution in [3.05, 3.63) is 78.9 Å². The van der Waals surface area contributed by atoms with Crippen LogP contribution in [-0.4, -0.2) is 15.1 Å². The Morgan fingerprint density at radius 2 is 1.13 bits per heavy atom. The molecular formula is C20H14N2O. The molecule has 0 bridgehead atoms. The quantitative estimate of drug-likeness (QED) is 0.585. The van der Waals surface area contributed by atoms with Gasteiger partial charge in [0.2, 0.25) is 0 Å². The predicted octanol–water partition coefficient (Wildman–Crippen LogP) is 4.67. The topological polar surface area (TPSA) is 46.0 Å². The fraction of sp³-hybridized carbons (Fsp3) is 0. The Hall–Kier alpha value is -3.20. The first kappa shape index (κ1) is 13.5. The van der Waals surface area contributed by atoms with Gasteiger partial charge in [-0.25, -0.2) is 9.97 Å². The van der Waals surface area contributed by atoms with Crippen LogP contribution < -0.4 is 0 Å². The normalized spacial score (nSPS) is 10.8. The molecule has 0 spiro atoms. The molecule has 0 aliphatic rings. The summed E-state index contributed by atoms with van der Waals surface area (Å²) >= 11 is 0. The molecule has 0 unspecified atom stereocenters. The highest BCUT2D eigenvalue weighted by Crippen LogP contribution is 2.32. The number of hydrogen-bond acceptors (Lipinski definition) is 3. The molecule has 0 radical (unpaired) electrons. The van der Waals surface area contributed by atoms with Crippen molar-refractivity contribution in [2.45, 2.75) is 0 Å². The molecule has 0 aliphatic carbocycles. The highest BCUT2D eigenvalue weighted by atomic mass is 16.3. The first-order valence-corrected chi connectivity index (χ1v) is 7.43. The van der Waals surface area contributed by atoms with Gasteiger partial charge in [0.1, 0.15) is 5.75 Å². The molecule has 4 rings (SSSR count). The summed E-state index contributed by atoms with van der Waals surface area (Å²) in [5.74, 6) is 0.219.